The second-order valence-corrected chi connectivity index (χ2v) is 12.8. The fourth-order valence-corrected chi connectivity index (χ4v) is 5.67. The van der Waals surface area contributed by atoms with E-state index in [0.29, 0.717) is 18.1 Å². The van der Waals surface area contributed by atoms with Crippen molar-refractivity contribution in [3.05, 3.63) is 12.2 Å². The van der Waals surface area contributed by atoms with Gasteiger partial charge in [-0.1, -0.05) is 176 Å². The van der Waals surface area contributed by atoms with Gasteiger partial charge in [0.1, 0.15) is 0 Å². The van der Waals surface area contributed by atoms with Crippen LogP contribution in [0.2, 0.25) is 0 Å². The third-order valence-corrected chi connectivity index (χ3v) is 8.52. The van der Waals surface area contributed by atoms with Crippen LogP contribution in [0, 0.1) is 17.8 Å². The van der Waals surface area contributed by atoms with Crippen molar-refractivity contribution < 1.29 is 9.53 Å². The van der Waals surface area contributed by atoms with Crippen LogP contribution in [0.4, 0.5) is 0 Å². The highest BCUT2D eigenvalue weighted by atomic mass is 16.5. The Morgan fingerprint density at radius 3 is 1.26 bits per heavy atom. The molecule has 0 rings (SSSR count). The van der Waals surface area contributed by atoms with Gasteiger partial charge in [0.15, 0.2) is 0 Å². The Bertz CT molecular complexity index is 525. The molecule has 0 aromatic heterocycles. The summed E-state index contributed by atoms with van der Waals surface area (Å²) in [6, 6.07) is 0. The van der Waals surface area contributed by atoms with Crippen molar-refractivity contribution in [1.82, 2.24) is 0 Å². The van der Waals surface area contributed by atoms with E-state index in [9.17, 15) is 4.79 Å². The zero-order valence-electron chi connectivity index (χ0n) is 26.9. The first-order chi connectivity index (χ1) is 18.4. The monoisotopic (exact) mass is 535 g/mol. The first-order valence-corrected chi connectivity index (χ1v) is 17.2. The molecule has 226 valence electrons. The van der Waals surface area contributed by atoms with Crippen molar-refractivity contribution in [2.45, 2.75) is 189 Å². The first kappa shape index (κ1) is 37.2. The molecule has 3 unspecified atom stereocenters. The van der Waals surface area contributed by atoms with Gasteiger partial charge in [-0.25, -0.2) is 4.79 Å². The number of esters is 1. The average molecular weight is 535 g/mol. The average Bonchev–Trinajstić information content (AvgIpc) is 2.90. The standard InChI is InChI=1S/C36H70O2/c1-7-9-11-13-15-19-25-33(5)27-21-17-18-22-29-35(31-38-36(37)32(3)4)30-24-23-28-34(6)26-20-16-14-12-10-8-2/h33-35H,3,7-31H2,1-2,4-6H3. The Balaban J connectivity index is 4.03. The van der Waals surface area contributed by atoms with Gasteiger partial charge < -0.3 is 4.74 Å². The van der Waals surface area contributed by atoms with Gasteiger partial charge in [0.05, 0.1) is 6.61 Å². The molecule has 0 saturated heterocycles. The lowest BCUT2D eigenvalue weighted by molar-refractivity contribution is -0.140. The summed E-state index contributed by atoms with van der Waals surface area (Å²) in [6.07, 6.45) is 32.7. The lowest BCUT2D eigenvalue weighted by atomic mass is 9.92. The molecular formula is C36H70O2. The molecule has 0 aliphatic heterocycles. The summed E-state index contributed by atoms with van der Waals surface area (Å²) >= 11 is 0. The fraction of sp³-hybridized carbons (Fsp3) is 0.917. The van der Waals surface area contributed by atoms with Gasteiger partial charge >= 0.3 is 5.97 Å². The third-order valence-electron chi connectivity index (χ3n) is 8.52. The van der Waals surface area contributed by atoms with E-state index in [1.54, 1.807) is 6.92 Å². The van der Waals surface area contributed by atoms with Gasteiger partial charge in [0.25, 0.3) is 0 Å². The molecule has 0 aromatic carbocycles. The van der Waals surface area contributed by atoms with E-state index >= 15 is 0 Å². The Morgan fingerprint density at radius 2 is 0.868 bits per heavy atom. The summed E-state index contributed by atoms with van der Waals surface area (Å²) in [5.41, 5.74) is 0.516. The van der Waals surface area contributed by atoms with Crippen LogP contribution in [0.1, 0.15) is 189 Å². The predicted octanol–water partition coefficient (Wildman–Crippen LogP) is 12.4. The molecule has 0 N–H and O–H groups in total. The first-order valence-electron chi connectivity index (χ1n) is 17.2. The molecule has 0 amide bonds. The van der Waals surface area contributed by atoms with Crippen LogP contribution in [-0.2, 0) is 9.53 Å². The van der Waals surface area contributed by atoms with Crippen LogP contribution in [0.15, 0.2) is 12.2 Å². The lowest BCUT2D eigenvalue weighted by Crippen LogP contribution is -2.15. The van der Waals surface area contributed by atoms with Crippen molar-refractivity contribution in [2.24, 2.45) is 17.8 Å². The molecule has 0 radical (unpaired) electrons. The van der Waals surface area contributed by atoms with Gasteiger partial charge in [-0.2, -0.15) is 0 Å². The number of rotatable bonds is 29. The summed E-state index contributed by atoms with van der Waals surface area (Å²) in [4.78, 5) is 11.9. The Labute approximate surface area is 240 Å². The van der Waals surface area contributed by atoms with Crippen LogP contribution in [0.25, 0.3) is 0 Å². The SMILES string of the molecule is C=C(C)C(=O)OCC(CCCCCCC(C)CCCCCCCC)CCCCC(C)CCCCCCCC. The molecule has 2 heteroatoms. The molecule has 38 heavy (non-hydrogen) atoms. The van der Waals surface area contributed by atoms with Crippen molar-refractivity contribution >= 4 is 5.97 Å². The Morgan fingerprint density at radius 1 is 0.553 bits per heavy atom. The minimum atomic E-state index is -0.220. The quantitative estimate of drug-likeness (QED) is 0.0541. The predicted molar refractivity (Wildman–Crippen MR) is 170 cm³/mol. The second kappa shape index (κ2) is 27.8. The van der Waals surface area contributed by atoms with E-state index in [-0.39, 0.29) is 5.97 Å². The summed E-state index contributed by atoms with van der Waals surface area (Å²) in [6.45, 7) is 15.5. The number of unbranched alkanes of at least 4 members (excludes halogenated alkanes) is 14. The minimum Gasteiger partial charge on any atom is -0.462 e. The molecule has 0 saturated carbocycles. The van der Waals surface area contributed by atoms with E-state index in [0.717, 1.165) is 11.8 Å². The van der Waals surface area contributed by atoms with Crippen molar-refractivity contribution in [3.63, 3.8) is 0 Å². The van der Waals surface area contributed by atoms with E-state index in [1.807, 2.05) is 0 Å². The number of hydrogen-bond donors (Lipinski definition) is 0. The van der Waals surface area contributed by atoms with Crippen LogP contribution >= 0.6 is 0 Å². The molecule has 0 spiro atoms. The summed E-state index contributed by atoms with van der Waals surface area (Å²) in [5, 5.41) is 0. The number of hydrogen-bond acceptors (Lipinski definition) is 2. The molecule has 0 bridgehead atoms. The minimum absolute atomic E-state index is 0.220. The highest BCUT2D eigenvalue weighted by Crippen LogP contribution is 2.23. The third kappa shape index (κ3) is 25.5. The van der Waals surface area contributed by atoms with E-state index < -0.39 is 0 Å². The molecular weight excluding hydrogens is 464 g/mol. The van der Waals surface area contributed by atoms with Gasteiger partial charge in [-0.15, -0.1) is 0 Å². The Hall–Kier alpha value is -0.790. The van der Waals surface area contributed by atoms with Crippen molar-refractivity contribution in [2.75, 3.05) is 6.61 Å². The van der Waals surface area contributed by atoms with Gasteiger partial charge in [0.2, 0.25) is 0 Å². The number of ether oxygens (including phenoxy) is 1. The van der Waals surface area contributed by atoms with Gasteiger partial charge in [-0.05, 0) is 37.5 Å². The maximum absolute atomic E-state index is 11.9. The fourth-order valence-electron chi connectivity index (χ4n) is 5.67. The molecule has 3 atom stereocenters. The van der Waals surface area contributed by atoms with E-state index in [4.69, 9.17) is 4.74 Å². The van der Waals surface area contributed by atoms with Crippen LogP contribution < -0.4 is 0 Å². The van der Waals surface area contributed by atoms with Crippen molar-refractivity contribution in [3.8, 4) is 0 Å². The topological polar surface area (TPSA) is 26.3 Å². The zero-order chi connectivity index (χ0) is 28.3. The number of carbonyl (C=O) groups is 1. The smallest absolute Gasteiger partial charge is 0.333 e. The van der Waals surface area contributed by atoms with Crippen LogP contribution in [0.5, 0.6) is 0 Å². The highest BCUT2D eigenvalue weighted by Gasteiger charge is 2.13. The van der Waals surface area contributed by atoms with E-state index in [1.165, 1.54) is 154 Å². The normalized spacial score (nSPS) is 13.8. The molecule has 2 nitrogen and oxygen atoms in total. The second-order valence-electron chi connectivity index (χ2n) is 12.8. The maximum Gasteiger partial charge on any atom is 0.333 e. The molecule has 0 aromatic rings. The summed E-state index contributed by atoms with van der Waals surface area (Å²) < 4.78 is 5.58. The van der Waals surface area contributed by atoms with E-state index in [2.05, 4.69) is 34.3 Å². The lowest BCUT2D eigenvalue weighted by Gasteiger charge is -2.18. The molecule has 0 aliphatic carbocycles. The Kier molecular flexibility index (Phi) is 27.2. The highest BCUT2D eigenvalue weighted by molar-refractivity contribution is 5.86. The largest absolute Gasteiger partial charge is 0.462 e. The van der Waals surface area contributed by atoms with Gasteiger partial charge in [0, 0.05) is 5.57 Å². The summed E-state index contributed by atoms with van der Waals surface area (Å²) in [7, 11) is 0. The molecule has 0 fully saturated rings. The van der Waals surface area contributed by atoms with Crippen LogP contribution in [-0.4, -0.2) is 12.6 Å². The van der Waals surface area contributed by atoms with Crippen LogP contribution in [0.3, 0.4) is 0 Å². The van der Waals surface area contributed by atoms with Crippen molar-refractivity contribution in [1.29, 1.82) is 0 Å². The zero-order valence-corrected chi connectivity index (χ0v) is 26.9. The maximum atomic E-state index is 11.9. The van der Waals surface area contributed by atoms with Gasteiger partial charge in [-0.3, -0.25) is 0 Å². The summed E-state index contributed by atoms with van der Waals surface area (Å²) in [5.74, 6) is 2.03. The molecule has 0 aliphatic rings. The molecule has 0 heterocycles. The number of carbonyl (C=O) groups excluding carboxylic acids is 1.